The fourth-order valence-corrected chi connectivity index (χ4v) is 7.38. The molecule has 0 aliphatic heterocycles. The molecule has 0 aromatic rings. The molecule has 0 amide bonds. The molecule has 9 atom stereocenters. The molecule has 136 valence electrons. The van der Waals surface area contributed by atoms with Gasteiger partial charge in [-0.05, 0) is 74.5 Å². The molecular formula is C20H32O4. The van der Waals surface area contributed by atoms with E-state index in [1.54, 1.807) is 0 Å². The highest BCUT2D eigenvalue weighted by Gasteiger charge is 2.65. The van der Waals surface area contributed by atoms with Gasteiger partial charge in [-0.2, -0.15) is 0 Å². The molecule has 4 aliphatic rings. The van der Waals surface area contributed by atoms with Gasteiger partial charge in [-0.25, -0.2) is 0 Å². The summed E-state index contributed by atoms with van der Waals surface area (Å²) in [6.45, 7) is 6.37. The van der Waals surface area contributed by atoms with E-state index in [9.17, 15) is 20.1 Å². The molecule has 0 aromatic heterocycles. The van der Waals surface area contributed by atoms with Gasteiger partial charge < -0.3 is 15.3 Å². The van der Waals surface area contributed by atoms with Crippen molar-refractivity contribution in [2.45, 2.75) is 83.5 Å². The zero-order valence-corrected chi connectivity index (χ0v) is 15.2. The molecule has 0 radical (unpaired) electrons. The van der Waals surface area contributed by atoms with E-state index in [0.29, 0.717) is 24.2 Å². The summed E-state index contributed by atoms with van der Waals surface area (Å²) in [5.41, 5.74) is -1.00. The van der Waals surface area contributed by atoms with Gasteiger partial charge in [-0.15, -0.1) is 0 Å². The SMILES string of the molecule is CC12C(CCC3C1CCC1(C)C3CCC1(C)O)CC(=O)C(O)C2O. The maximum Gasteiger partial charge on any atom is 0.164 e. The Bertz CT molecular complexity index is 554. The Morgan fingerprint density at radius 3 is 2.33 bits per heavy atom. The Morgan fingerprint density at radius 2 is 1.62 bits per heavy atom. The van der Waals surface area contributed by atoms with Gasteiger partial charge in [0.1, 0.15) is 6.10 Å². The van der Waals surface area contributed by atoms with Gasteiger partial charge in [0.15, 0.2) is 5.78 Å². The van der Waals surface area contributed by atoms with Crippen LogP contribution in [0.3, 0.4) is 0 Å². The van der Waals surface area contributed by atoms with Crippen molar-refractivity contribution >= 4 is 5.78 Å². The van der Waals surface area contributed by atoms with Gasteiger partial charge in [0.25, 0.3) is 0 Å². The standard InChI is InChI=1S/C20H32O4/c1-18-8-6-14-12(13(18)7-9-19(18,2)24)5-4-11-10-15(21)16(22)17(23)20(11,14)3/h11-14,16-17,22-24H,4-10H2,1-3H3. The molecule has 4 rings (SSSR count). The third-order valence-electron chi connectivity index (χ3n) is 9.24. The number of Topliss-reactive ketones (excluding diaryl/α,β-unsaturated/α-hetero) is 1. The van der Waals surface area contributed by atoms with Crippen LogP contribution in [0.5, 0.6) is 0 Å². The first-order valence-electron chi connectivity index (χ1n) is 9.74. The fourth-order valence-electron chi connectivity index (χ4n) is 7.38. The molecule has 24 heavy (non-hydrogen) atoms. The van der Waals surface area contributed by atoms with Crippen LogP contribution in [-0.2, 0) is 4.79 Å². The Morgan fingerprint density at radius 1 is 0.958 bits per heavy atom. The van der Waals surface area contributed by atoms with Crippen molar-refractivity contribution in [3.05, 3.63) is 0 Å². The van der Waals surface area contributed by atoms with Gasteiger partial charge >= 0.3 is 0 Å². The minimum atomic E-state index is -1.22. The van der Waals surface area contributed by atoms with Crippen molar-refractivity contribution in [2.75, 3.05) is 0 Å². The Balaban J connectivity index is 1.69. The smallest absolute Gasteiger partial charge is 0.164 e. The summed E-state index contributed by atoms with van der Waals surface area (Å²) in [5.74, 6) is 1.34. The number of carbonyl (C=O) groups excluding carboxylic acids is 1. The molecule has 4 fully saturated rings. The number of hydrogen-bond donors (Lipinski definition) is 3. The number of fused-ring (bicyclic) bond motifs is 5. The summed E-state index contributed by atoms with van der Waals surface area (Å²) in [7, 11) is 0. The van der Waals surface area contributed by atoms with E-state index in [1.165, 1.54) is 0 Å². The van der Waals surface area contributed by atoms with E-state index in [1.807, 2.05) is 6.92 Å². The largest absolute Gasteiger partial charge is 0.390 e. The van der Waals surface area contributed by atoms with Crippen LogP contribution in [0.15, 0.2) is 0 Å². The highest BCUT2D eigenvalue weighted by Crippen LogP contribution is 2.67. The zero-order valence-electron chi connectivity index (χ0n) is 15.2. The predicted molar refractivity (Wildman–Crippen MR) is 90.1 cm³/mol. The number of carbonyl (C=O) groups is 1. The van der Waals surface area contributed by atoms with Crippen molar-refractivity contribution in [1.82, 2.24) is 0 Å². The van der Waals surface area contributed by atoms with Gasteiger partial charge in [0.05, 0.1) is 11.7 Å². The third-order valence-corrected chi connectivity index (χ3v) is 9.24. The van der Waals surface area contributed by atoms with E-state index in [2.05, 4.69) is 13.8 Å². The van der Waals surface area contributed by atoms with E-state index >= 15 is 0 Å². The summed E-state index contributed by atoms with van der Waals surface area (Å²) < 4.78 is 0. The van der Waals surface area contributed by atoms with Gasteiger partial charge in [-0.3, -0.25) is 4.79 Å². The highest BCUT2D eigenvalue weighted by atomic mass is 16.3. The number of aliphatic hydroxyl groups excluding tert-OH is 2. The molecule has 4 heteroatoms. The average molecular weight is 336 g/mol. The summed E-state index contributed by atoms with van der Waals surface area (Å²) in [5, 5.41) is 32.0. The van der Waals surface area contributed by atoms with Crippen LogP contribution < -0.4 is 0 Å². The van der Waals surface area contributed by atoms with Crippen molar-refractivity contribution in [1.29, 1.82) is 0 Å². The molecule has 0 saturated heterocycles. The van der Waals surface area contributed by atoms with Crippen molar-refractivity contribution in [3.8, 4) is 0 Å². The number of ketones is 1. The molecule has 0 heterocycles. The average Bonchev–Trinajstić information content (AvgIpc) is 2.77. The Hall–Kier alpha value is -0.450. The van der Waals surface area contributed by atoms with Crippen molar-refractivity contribution < 1.29 is 20.1 Å². The van der Waals surface area contributed by atoms with Crippen LogP contribution in [0.25, 0.3) is 0 Å². The van der Waals surface area contributed by atoms with E-state index in [0.717, 1.165) is 38.5 Å². The van der Waals surface area contributed by atoms with Crippen LogP contribution in [-0.4, -0.2) is 38.9 Å². The molecule has 0 bridgehead atoms. The predicted octanol–water partition coefficient (Wildman–Crippen LogP) is 2.29. The maximum absolute atomic E-state index is 12.0. The second-order valence-corrected chi connectivity index (χ2v) is 9.85. The Kier molecular flexibility index (Phi) is 3.57. The summed E-state index contributed by atoms with van der Waals surface area (Å²) in [4.78, 5) is 12.0. The first-order chi connectivity index (χ1) is 11.1. The molecule has 4 aliphatic carbocycles. The second kappa shape index (κ2) is 5.05. The molecule has 9 unspecified atom stereocenters. The highest BCUT2D eigenvalue weighted by molar-refractivity contribution is 5.85. The molecule has 4 saturated carbocycles. The maximum atomic E-state index is 12.0. The number of rotatable bonds is 0. The third kappa shape index (κ3) is 1.88. The quantitative estimate of drug-likeness (QED) is 0.634. The monoisotopic (exact) mass is 336 g/mol. The van der Waals surface area contributed by atoms with Crippen LogP contribution >= 0.6 is 0 Å². The minimum absolute atomic E-state index is 0.0363. The first-order valence-corrected chi connectivity index (χ1v) is 9.74. The van der Waals surface area contributed by atoms with Crippen LogP contribution in [0.4, 0.5) is 0 Å². The lowest BCUT2D eigenvalue weighted by Gasteiger charge is -2.62. The van der Waals surface area contributed by atoms with Crippen LogP contribution in [0.2, 0.25) is 0 Å². The number of hydrogen-bond acceptors (Lipinski definition) is 4. The Labute approximate surface area is 144 Å². The number of aliphatic hydroxyl groups is 3. The van der Waals surface area contributed by atoms with E-state index < -0.39 is 17.8 Å². The first kappa shape index (κ1) is 17.0. The van der Waals surface area contributed by atoms with Crippen LogP contribution in [0.1, 0.15) is 65.7 Å². The zero-order chi connectivity index (χ0) is 17.5. The fraction of sp³-hybridized carbons (Fsp3) is 0.950. The lowest BCUT2D eigenvalue weighted by molar-refractivity contribution is -0.203. The lowest BCUT2D eigenvalue weighted by Crippen LogP contribution is -2.63. The van der Waals surface area contributed by atoms with Crippen molar-refractivity contribution in [2.24, 2.45) is 34.5 Å². The minimum Gasteiger partial charge on any atom is -0.390 e. The van der Waals surface area contributed by atoms with Crippen LogP contribution in [0, 0.1) is 34.5 Å². The van der Waals surface area contributed by atoms with E-state index in [4.69, 9.17) is 0 Å². The van der Waals surface area contributed by atoms with Crippen molar-refractivity contribution in [3.63, 3.8) is 0 Å². The molecule has 3 N–H and O–H groups in total. The normalized spacial score (nSPS) is 60.3. The molecule has 0 aromatic carbocycles. The summed E-state index contributed by atoms with van der Waals surface area (Å²) >= 11 is 0. The second-order valence-electron chi connectivity index (χ2n) is 9.85. The summed E-state index contributed by atoms with van der Waals surface area (Å²) in [6.07, 6.45) is 4.19. The topological polar surface area (TPSA) is 77.8 Å². The molecule has 4 nitrogen and oxygen atoms in total. The van der Waals surface area contributed by atoms with E-state index in [-0.39, 0.29) is 22.5 Å². The summed E-state index contributed by atoms with van der Waals surface area (Å²) in [6, 6.07) is 0. The molecular weight excluding hydrogens is 304 g/mol. The van der Waals surface area contributed by atoms with Gasteiger partial charge in [0, 0.05) is 11.8 Å². The lowest BCUT2D eigenvalue weighted by atomic mass is 9.43. The molecule has 0 spiro atoms. The van der Waals surface area contributed by atoms with Gasteiger partial charge in [0.2, 0.25) is 0 Å². The van der Waals surface area contributed by atoms with Gasteiger partial charge in [-0.1, -0.05) is 13.8 Å².